The second-order valence-electron chi connectivity index (χ2n) is 5.78. The molecule has 2 aromatic rings. The van der Waals surface area contributed by atoms with Crippen molar-refractivity contribution in [2.75, 3.05) is 17.6 Å². The lowest BCUT2D eigenvalue weighted by molar-refractivity contribution is 0.327. The highest BCUT2D eigenvalue weighted by atomic mass is 35.5. The number of halogens is 2. The Morgan fingerprint density at radius 2 is 2.19 bits per heavy atom. The summed E-state index contributed by atoms with van der Waals surface area (Å²) in [6.07, 6.45) is 9.46. The minimum absolute atomic E-state index is 0.143. The highest BCUT2D eigenvalue weighted by molar-refractivity contribution is 6.32. The Balaban J connectivity index is 1.92. The lowest BCUT2D eigenvalue weighted by Crippen LogP contribution is -2.27. The van der Waals surface area contributed by atoms with E-state index in [4.69, 9.17) is 22.7 Å². The Kier molecular flexibility index (Phi) is 5.18. The van der Waals surface area contributed by atoms with Crippen molar-refractivity contribution < 1.29 is 4.39 Å². The van der Waals surface area contributed by atoms with E-state index in [1.54, 1.807) is 24.3 Å². The van der Waals surface area contributed by atoms with Crippen LogP contribution in [-0.2, 0) is 0 Å². The smallest absolute Gasteiger partial charge is 0.266 e. The lowest BCUT2D eigenvalue weighted by Gasteiger charge is -2.19. The van der Waals surface area contributed by atoms with E-state index in [0.717, 1.165) is 6.21 Å². The van der Waals surface area contributed by atoms with Crippen LogP contribution in [0.3, 0.4) is 0 Å². The maximum absolute atomic E-state index is 13.9. The van der Waals surface area contributed by atoms with E-state index < -0.39 is 11.7 Å². The van der Waals surface area contributed by atoms with Gasteiger partial charge in [-0.05, 0) is 6.07 Å². The fourth-order valence-electron chi connectivity index (χ4n) is 2.70. The third-order valence-electron chi connectivity index (χ3n) is 4.09. The molecule has 26 heavy (non-hydrogen) atoms. The lowest BCUT2D eigenvalue weighted by atomic mass is 9.99. The molecule has 2 heterocycles. The zero-order chi connectivity index (χ0) is 18.7. The third kappa shape index (κ3) is 3.52. The standard InChI is InChI=1S/C18H17ClFN5O/c19-13-10-24-17(22)7-16(13)25-6-5-15(12(8-21)18(25)26)23-9-11-3-1-2-4-14(11)20/h1-8,10-11,14,21,23H,9H2,(H2,22,24). The SMILES string of the molecule is N=Cc1c(NCC2C=CC=CC2F)ccn(-c2cc(N)ncc2Cl)c1=O. The normalized spacial score (nSPS) is 18.7. The first-order chi connectivity index (χ1) is 12.5. The molecule has 2 atom stereocenters. The van der Waals surface area contributed by atoms with Gasteiger partial charge in [0.25, 0.3) is 5.56 Å². The number of anilines is 2. The fourth-order valence-corrected chi connectivity index (χ4v) is 2.89. The van der Waals surface area contributed by atoms with Crippen LogP contribution in [0.2, 0.25) is 5.02 Å². The van der Waals surface area contributed by atoms with Gasteiger partial charge in [0.2, 0.25) is 0 Å². The monoisotopic (exact) mass is 373 g/mol. The summed E-state index contributed by atoms with van der Waals surface area (Å²) in [5.74, 6) is -0.114. The Hall–Kier alpha value is -2.93. The summed E-state index contributed by atoms with van der Waals surface area (Å²) < 4.78 is 15.2. The van der Waals surface area contributed by atoms with Crippen molar-refractivity contribution in [3.63, 3.8) is 0 Å². The highest BCUT2D eigenvalue weighted by Crippen LogP contribution is 2.22. The van der Waals surface area contributed by atoms with Gasteiger partial charge >= 0.3 is 0 Å². The zero-order valence-electron chi connectivity index (χ0n) is 13.7. The summed E-state index contributed by atoms with van der Waals surface area (Å²) in [5, 5.41) is 10.9. The van der Waals surface area contributed by atoms with Crippen molar-refractivity contribution in [2.45, 2.75) is 6.17 Å². The van der Waals surface area contributed by atoms with E-state index in [1.807, 2.05) is 0 Å². The van der Waals surface area contributed by atoms with Crippen molar-refractivity contribution in [3.8, 4) is 5.69 Å². The summed E-state index contributed by atoms with van der Waals surface area (Å²) in [6, 6.07) is 3.13. The van der Waals surface area contributed by atoms with Gasteiger partial charge in [-0.2, -0.15) is 0 Å². The van der Waals surface area contributed by atoms with Crippen LogP contribution in [-0.4, -0.2) is 28.5 Å². The summed E-state index contributed by atoms with van der Waals surface area (Å²) in [7, 11) is 0. The van der Waals surface area contributed by atoms with Gasteiger partial charge in [0.1, 0.15) is 12.0 Å². The van der Waals surface area contributed by atoms with Crippen LogP contribution in [0.5, 0.6) is 0 Å². The van der Waals surface area contributed by atoms with Crippen LogP contribution in [0.4, 0.5) is 15.9 Å². The first-order valence-electron chi connectivity index (χ1n) is 7.91. The van der Waals surface area contributed by atoms with E-state index >= 15 is 0 Å². The summed E-state index contributed by atoms with van der Waals surface area (Å²) >= 11 is 6.11. The Morgan fingerprint density at radius 3 is 2.92 bits per heavy atom. The number of alkyl halides is 1. The molecule has 2 unspecified atom stereocenters. The number of pyridine rings is 2. The van der Waals surface area contributed by atoms with Crippen LogP contribution in [0.1, 0.15) is 5.56 Å². The van der Waals surface area contributed by atoms with Gasteiger partial charge in [0, 0.05) is 36.6 Å². The predicted octanol–water partition coefficient (Wildman–Crippen LogP) is 2.96. The zero-order valence-corrected chi connectivity index (χ0v) is 14.4. The molecule has 0 fully saturated rings. The number of nitrogens with two attached hydrogens (primary N) is 1. The van der Waals surface area contributed by atoms with Gasteiger partial charge in [-0.1, -0.05) is 35.9 Å². The molecule has 8 heteroatoms. The van der Waals surface area contributed by atoms with Crippen molar-refractivity contribution >= 4 is 29.3 Å². The van der Waals surface area contributed by atoms with Gasteiger partial charge in [-0.25, -0.2) is 9.37 Å². The minimum atomic E-state index is -1.09. The van der Waals surface area contributed by atoms with Crippen molar-refractivity contribution in [1.82, 2.24) is 9.55 Å². The average molecular weight is 374 g/mol. The number of allylic oxidation sites excluding steroid dienone is 3. The number of hydrogen-bond donors (Lipinski definition) is 3. The number of hydrogen-bond acceptors (Lipinski definition) is 5. The molecule has 1 aliphatic rings. The van der Waals surface area contributed by atoms with E-state index in [-0.39, 0.29) is 22.3 Å². The van der Waals surface area contributed by atoms with Crippen LogP contribution in [0, 0.1) is 11.3 Å². The van der Waals surface area contributed by atoms with Crippen LogP contribution >= 0.6 is 11.6 Å². The topological polar surface area (TPSA) is 96.8 Å². The van der Waals surface area contributed by atoms with Crippen LogP contribution < -0.4 is 16.6 Å². The number of nitrogen functional groups attached to an aromatic ring is 1. The highest BCUT2D eigenvalue weighted by Gasteiger charge is 2.18. The Bertz CT molecular complexity index is 953. The number of rotatable bonds is 5. The maximum Gasteiger partial charge on any atom is 0.266 e. The Morgan fingerprint density at radius 1 is 1.42 bits per heavy atom. The summed E-state index contributed by atoms with van der Waals surface area (Å²) in [6.45, 7) is 0.301. The molecule has 0 aliphatic heterocycles. The largest absolute Gasteiger partial charge is 0.384 e. The molecule has 0 saturated heterocycles. The molecule has 0 bridgehead atoms. The first kappa shape index (κ1) is 17.9. The molecule has 0 amide bonds. The van der Waals surface area contributed by atoms with Crippen molar-refractivity contribution in [2.24, 2.45) is 5.92 Å². The number of nitrogens with zero attached hydrogens (tertiary/aromatic N) is 2. The molecule has 0 saturated carbocycles. The average Bonchev–Trinajstić information content (AvgIpc) is 2.63. The first-order valence-corrected chi connectivity index (χ1v) is 8.29. The molecule has 3 rings (SSSR count). The molecule has 0 aromatic carbocycles. The quantitative estimate of drug-likeness (QED) is 0.702. The maximum atomic E-state index is 13.9. The third-order valence-corrected chi connectivity index (χ3v) is 4.38. The second kappa shape index (κ2) is 7.53. The predicted molar refractivity (Wildman–Crippen MR) is 102 cm³/mol. The van der Waals surface area contributed by atoms with E-state index in [9.17, 15) is 9.18 Å². The Labute approximate surface area is 154 Å². The van der Waals surface area contributed by atoms with Gasteiger partial charge < -0.3 is 16.5 Å². The fraction of sp³-hybridized carbons (Fsp3) is 0.167. The van der Waals surface area contributed by atoms with Crippen LogP contribution in [0.15, 0.2) is 53.6 Å². The van der Waals surface area contributed by atoms with Crippen molar-refractivity contribution in [3.05, 3.63) is 69.8 Å². The molecular weight excluding hydrogens is 357 g/mol. The molecule has 4 N–H and O–H groups in total. The minimum Gasteiger partial charge on any atom is -0.384 e. The van der Waals surface area contributed by atoms with Gasteiger partial charge in [0.15, 0.2) is 0 Å². The molecule has 134 valence electrons. The molecule has 1 aliphatic carbocycles. The molecule has 0 spiro atoms. The number of aromatic nitrogens is 2. The molecule has 0 radical (unpaired) electrons. The summed E-state index contributed by atoms with van der Waals surface area (Å²) in [5.41, 5.74) is 6.21. The van der Waals surface area contributed by atoms with E-state index in [1.165, 1.54) is 29.1 Å². The van der Waals surface area contributed by atoms with Gasteiger partial charge in [-0.3, -0.25) is 9.36 Å². The van der Waals surface area contributed by atoms with Crippen molar-refractivity contribution in [1.29, 1.82) is 5.41 Å². The van der Waals surface area contributed by atoms with E-state index in [0.29, 0.717) is 17.9 Å². The van der Waals surface area contributed by atoms with Crippen LogP contribution in [0.25, 0.3) is 5.69 Å². The molecule has 2 aromatic heterocycles. The van der Waals surface area contributed by atoms with Gasteiger partial charge in [0.05, 0.1) is 22.5 Å². The van der Waals surface area contributed by atoms with Gasteiger partial charge in [-0.15, -0.1) is 0 Å². The molecular formula is C18H17ClFN5O. The van der Waals surface area contributed by atoms with E-state index in [2.05, 4.69) is 10.3 Å². The molecule has 6 nitrogen and oxygen atoms in total. The number of nitrogens with one attached hydrogen (secondary N) is 2. The second-order valence-corrected chi connectivity index (χ2v) is 6.19. The summed E-state index contributed by atoms with van der Waals surface area (Å²) in [4.78, 5) is 16.6.